The maximum Gasteiger partial charge on any atom is 0.226 e. The topological polar surface area (TPSA) is 38.8 Å². The molecule has 4 heteroatoms. The third-order valence-corrected chi connectivity index (χ3v) is 5.32. The largest absolute Gasteiger partial charge is 0.490 e. The average molecular weight is 315 g/mol. The molecule has 0 N–H and O–H groups in total. The van der Waals surface area contributed by atoms with E-state index in [-0.39, 0.29) is 12.0 Å². The zero-order valence-electron chi connectivity index (χ0n) is 13.8. The van der Waals surface area contributed by atoms with Gasteiger partial charge >= 0.3 is 0 Å². The van der Waals surface area contributed by atoms with Crippen LogP contribution in [-0.2, 0) is 4.79 Å². The van der Waals surface area contributed by atoms with E-state index in [1.165, 1.54) is 6.42 Å². The van der Waals surface area contributed by atoms with Gasteiger partial charge in [0.2, 0.25) is 5.91 Å². The van der Waals surface area contributed by atoms with Gasteiger partial charge in [-0.2, -0.15) is 0 Å². The maximum absolute atomic E-state index is 12.8. The third kappa shape index (κ3) is 2.91. The van der Waals surface area contributed by atoms with Crippen LogP contribution in [0.2, 0.25) is 0 Å². The number of fused-ring (bicyclic) bond motifs is 1. The fourth-order valence-corrected chi connectivity index (χ4v) is 3.51. The molecule has 1 atom stereocenters. The monoisotopic (exact) mass is 315 g/mol. The zero-order valence-corrected chi connectivity index (χ0v) is 13.8. The number of hydrogen-bond acceptors (Lipinski definition) is 3. The van der Waals surface area contributed by atoms with Gasteiger partial charge < -0.3 is 14.4 Å². The molecule has 1 aromatic carbocycles. The third-order valence-electron chi connectivity index (χ3n) is 5.32. The van der Waals surface area contributed by atoms with E-state index in [0.717, 1.165) is 49.2 Å². The summed E-state index contributed by atoms with van der Waals surface area (Å²) >= 11 is 0. The Labute approximate surface area is 137 Å². The standard InChI is InChI=1S/C19H25NO3/c1-13(20(16-7-8-16)19(21)14-4-2-5-14)15-6-9-17-18(12-15)23-11-3-10-22-17/h6,9,12-14,16H,2-5,7-8,10-11H2,1H3/t13-/m0/s1. The summed E-state index contributed by atoms with van der Waals surface area (Å²) in [6, 6.07) is 6.68. The van der Waals surface area contributed by atoms with Gasteiger partial charge in [0, 0.05) is 18.4 Å². The van der Waals surface area contributed by atoms with Crippen molar-refractivity contribution in [3.8, 4) is 11.5 Å². The van der Waals surface area contributed by atoms with Gasteiger partial charge in [0.1, 0.15) is 0 Å². The van der Waals surface area contributed by atoms with E-state index < -0.39 is 0 Å². The summed E-state index contributed by atoms with van der Waals surface area (Å²) in [5.74, 6) is 2.26. The van der Waals surface area contributed by atoms with Crippen LogP contribution in [0.3, 0.4) is 0 Å². The van der Waals surface area contributed by atoms with Crippen LogP contribution in [0, 0.1) is 5.92 Å². The molecule has 124 valence electrons. The predicted molar refractivity (Wildman–Crippen MR) is 87.7 cm³/mol. The molecule has 23 heavy (non-hydrogen) atoms. The molecule has 0 aromatic heterocycles. The molecule has 1 aromatic rings. The number of hydrogen-bond donors (Lipinski definition) is 0. The molecule has 4 nitrogen and oxygen atoms in total. The van der Waals surface area contributed by atoms with E-state index in [1.807, 2.05) is 6.07 Å². The molecule has 0 bridgehead atoms. The Hall–Kier alpha value is -1.71. The Morgan fingerprint density at radius 2 is 1.83 bits per heavy atom. The first-order valence-electron chi connectivity index (χ1n) is 8.96. The van der Waals surface area contributed by atoms with Crippen LogP contribution >= 0.6 is 0 Å². The van der Waals surface area contributed by atoms with Gasteiger partial charge in [-0.25, -0.2) is 0 Å². The van der Waals surface area contributed by atoms with Crippen LogP contribution in [-0.4, -0.2) is 30.1 Å². The van der Waals surface area contributed by atoms with Crippen molar-refractivity contribution in [2.75, 3.05) is 13.2 Å². The van der Waals surface area contributed by atoms with E-state index in [4.69, 9.17) is 9.47 Å². The average Bonchev–Trinajstić information content (AvgIpc) is 3.31. The van der Waals surface area contributed by atoms with Crippen molar-refractivity contribution in [1.82, 2.24) is 4.90 Å². The lowest BCUT2D eigenvalue weighted by molar-refractivity contribution is -0.141. The normalized spacial score (nSPS) is 22.0. The van der Waals surface area contributed by atoms with Crippen molar-refractivity contribution < 1.29 is 14.3 Å². The van der Waals surface area contributed by atoms with Gasteiger partial charge in [-0.3, -0.25) is 4.79 Å². The second-order valence-corrected chi connectivity index (χ2v) is 7.04. The molecule has 4 rings (SSSR count). The van der Waals surface area contributed by atoms with Gasteiger partial charge in [0.15, 0.2) is 11.5 Å². The smallest absolute Gasteiger partial charge is 0.226 e. The van der Waals surface area contributed by atoms with E-state index in [9.17, 15) is 4.79 Å². The molecular weight excluding hydrogens is 290 g/mol. The van der Waals surface area contributed by atoms with Crippen LogP contribution in [0.1, 0.15) is 57.1 Å². The highest BCUT2D eigenvalue weighted by molar-refractivity contribution is 5.80. The minimum atomic E-state index is 0.104. The first-order valence-corrected chi connectivity index (χ1v) is 8.96. The lowest BCUT2D eigenvalue weighted by atomic mass is 9.84. The number of carbonyl (C=O) groups is 1. The van der Waals surface area contributed by atoms with Gasteiger partial charge in [-0.1, -0.05) is 12.5 Å². The van der Waals surface area contributed by atoms with Crippen LogP contribution in [0.4, 0.5) is 0 Å². The van der Waals surface area contributed by atoms with Crippen LogP contribution < -0.4 is 9.47 Å². The quantitative estimate of drug-likeness (QED) is 0.850. The van der Waals surface area contributed by atoms with Gasteiger partial charge in [-0.15, -0.1) is 0 Å². The number of nitrogens with zero attached hydrogens (tertiary/aromatic N) is 1. The highest BCUT2D eigenvalue weighted by atomic mass is 16.5. The van der Waals surface area contributed by atoms with Crippen molar-refractivity contribution in [3.05, 3.63) is 23.8 Å². The lowest BCUT2D eigenvalue weighted by Crippen LogP contribution is -2.41. The van der Waals surface area contributed by atoms with Crippen molar-refractivity contribution in [2.45, 2.75) is 57.5 Å². The summed E-state index contributed by atoms with van der Waals surface area (Å²) in [6.07, 6.45) is 6.54. The highest BCUT2D eigenvalue weighted by Crippen LogP contribution is 2.41. The fraction of sp³-hybridized carbons (Fsp3) is 0.632. The molecule has 2 saturated carbocycles. The Bertz CT molecular complexity index is 592. The Balaban J connectivity index is 1.57. The van der Waals surface area contributed by atoms with Crippen molar-refractivity contribution in [1.29, 1.82) is 0 Å². The Morgan fingerprint density at radius 1 is 1.09 bits per heavy atom. The van der Waals surface area contributed by atoms with Gasteiger partial charge in [-0.05, 0) is 50.3 Å². The Morgan fingerprint density at radius 3 is 2.48 bits per heavy atom. The number of rotatable bonds is 4. The molecule has 1 amide bonds. The fourth-order valence-electron chi connectivity index (χ4n) is 3.51. The first-order chi connectivity index (χ1) is 11.2. The summed E-state index contributed by atoms with van der Waals surface area (Å²) in [5.41, 5.74) is 1.15. The summed E-state index contributed by atoms with van der Waals surface area (Å²) in [4.78, 5) is 15.0. The molecule has 2 aliphatic carbocycles. The number of amides is 1. The van der Waals surface area contributed by atoms with E-state index in [1.54, 1.807) is 0 Å². The lowest BCUT2D eigenvalue weighted by Gasteiger charge is -2.36. The second-order valence-electron chi connectivity index (χ2n) is 7.04. The highest BCUT2D eigenvalue weighted by Gasteiger charge is 2.40. The minimum Gasteiger partial charge on any atom is -0.490 e. The summed E-state index contributed by atoms with van der Waals surface area (Å²) < 4.78 is 11.5. The van der Waals surface area contributed by atoms with Gasteiger partial charge in [0.05, 0.1) is 19.3 Å². The van der Waals surface area contributed by atoms with E-state index in [0.29, 0.717) is 25.2 Å². The molecule has 1 heterocycles. The minimum absolute atomic E-state index is 0.104. The first kappa shape index (κ1) is 14.9. The van der Waals surface area contributed by atoms with Crippen LogP contribution in [0.25, 0.3) is 0 Å². The molecule has 0 radical (unpaired) electrons. The van der Waals surface area contributed by atoms with Crippen molar-refractivity contribution >= 4 is 5.91 Å². The molecule has 0 saturated heterocycles. The SMILES string of the molecule is C[C@@H](c1ccc2c(c1)OCCCO2)N(C(=O)C1CCC1)C1CC1. The van der Waals surface area contributed by atoms with Crippen molar-refractivity contribution in [3.63, 3.8) is 0 Å². The Kier molecular flexibility index (Phi) is 3.92. The molecule has 0 unspecified atom stereocenters. The van der Waals surface area contributed by atoms with Crippen molar-refractivity contribution in [2.24, 2.45) is 5.92 Å². The summed E-state index contributed by atoms with van der Waals surface area (Å²) in [5, 5.41) is 0. The summed E-state index contributed by atoms with van der Waals surface area (Å²) in [6.45, 7) is 3.54. The number of ether oxygens (including phenoxy) is 2. The predicted octanol–water partition coefficient (Wildman–Crippen LogP) is 3.70. The summed E-state index contributed by atoms with van der Waals surface area (Å²) in [7, 11) is 0. The molecule has 3 aliphatic rings. The molecule has 2 fully saturated rings. The molecule has 0 spiro atoms. The van der Waals surface area contributed by atoms with E-state index in [2.05, 4.69) is 24.0 Å². The molecule has 1 aliphatic heterocycles. The maximum atomic E-state index is 12.8. The van der Waals surface area contributed by atoms with Gasteiger partial charge in [0.25, 0.3) is 0 Å². The number of benzene rings is 1. The van der Waals surface area contributed by atoms with Crippen LogP contribution in [0.15, 0.2) is 18.2 Å². The van der Waals surface area contributed by atoms with E-state index >= 15 is 0 Å². The number of carbonyl (C=O) groups excluding carboxylic acids is 1. The van der Waals surface area contributed by atoms with Crippen LogP contribution in [0.5, 0.6) is 11.5 Å². The zero-order chi connectivity index (χ0) is 15.8. The second kappa shape index (κ2) is 6.06. The molecular formula is C19H25NO3.